The average molecular weight is 359 g/mol. The van der Waals surface area contributed by atoms with Crippen LogP contribution in [0.5, 0.6) is 5.75 Å². The van der Waals surface area contributed by atoms with E-state index in [0.717, 1.165) is 17.0 Å². The number of aliphatic imine (C=N–C) groups is 1. The zero-order chi connectivity index (χ0) is 18.2. The highest BCUT2D eigenvalue weighted by Gasteiger charge is 2.07. The molecule has 0 N–H and O–H groups in total. The van der Waals surface area contributed by atoms with Crippen LogP contribution < -0.4 is 4.74 Å². The first-order valence-electron chi connectivity index (χ1n) is 8.48. The number of nitrogens with zero attached hydrogens (tertiary/aromatic N) is 1. The van der Waals surface area contributed by atoms with E-state index in [1.54, 1.807) is 11.8 Å². The highest BCUT2D eigenvalue weighted by molar-refractivity contribution is 8.02. The van der Waals surface area contributed by atoms with Crippen molar-refractivity contribution in [2.24, 2.45) is 4.99 Å². The van der Waals surface area contributed by atoms with E-state index in [-0.39, 0.29) is 0 Å². The Kier molecular flexibility index (Phi) is 6.29. The van der Waals surface area contributed by atoms with E-state index in [4.69, 9.17) is 9.73 Å². The molecule has 0 atom stereocenters. The van der Waals surface area contributed by atoms with Gasteiger partial charge < -0.3 is 4.74 Å². The molecule has 26 heavy (non-hydrogen) atoms. The minimum absolute atomic E-state index is 0.600. The van der Waals surface area contributed by atoms with Gasteiger partial charge in [-0.15, -0.1) is 0 Å². The lowest BCUT2D eigenvalue weighted by Gasteiger charge is -2.10. The molecule has 130 valence electrons. The number of aryl methyl sites for hydroxylation is 1. The zero-order valence-electron chi connectivity index (χ0n) is 14.9. The molecular formula is C23H21NOS. The van der Waals surface area contributed by atoms with E-state index in [9.17, 15) is 0 Å². The second kappa shape index (κ2) is 9.07. The van der Waals surface area contributed by atoms with Gasteiger partial charge in [0.05, 0.1) is 5.69 Å². The minimum atomic E-state index is 0.600. The lowest BCUT2D eigenvalue weighted by molar-refractivity contribution is 0.551. The van der Waals surface area contributed by atoms with Gasteiger partial charge in [0.2, 0.25) is 5.90 Å². The van der Waals surface area contributed by atoms with Crippen LogP contribution in [0.3, 0.4) is 0 Å². The molecule has 0 saturated heterocycles. The maximum atomic E-state index is 6.09. The fraction of sp³-hybridized carbons (Fsp3) is 0.0870. The number of para-hydroxylation sites is 1. The van der Waals surface area contributed by atoms with Crippen LogP contribution in [0.4, 0.5) is 5.69 Å². The lowest BCUT2D eigenvalue weighted by atomic mass is 10.2. The van der Waals surface area contributed by atoms with Crippen molar-refractivity contribution in [3.8, 4) is 5.75 Å². The van der Waals surface area contributed by atoms with Crippen LogP contribution in [0.15, 0.2) is 106 Å². The fourth-order valence-corrected chi connectivity index (χ4v) is 2.96. The maximum absolute atomic E-state index is 6.09. The van der Waals surface area contributed by atoms with Crippen molar-refractivity contribution in [1.29, 1.82) is 0 Å². The van der Waals surface area contributed by atoms with Crippen molar-refractivity contribution in [2.45, 2.75) is 18.7 Å². The molecule has 2 nitrogen and oxygen atoms in total. The number of ether oxygens (including phenoxy) is 1. The molecule has 3 aromatic rings. The number of rotatable bonds is 5. The molecule has 3 aromatic carbocycles. The summed E-state index contributed by atoms with van der Waals surface area (Å²) in [5, 5.41) is 2.07. The third-order valence-corrected chi connectivity index (χ3v) is 4.69. The Bertz CT molecular complexity index is 885. The SMILES string of the molecule is CC(=CSc1ccccc1)C(=Nc1ccccc1)Oc1ccc(C)cc1. The first-order chi connectivity index (χ1) is 12.7. The number of hydrogen-bond acceptors (Lipinski definition) is 3. The third kappa shape index (κ3) is 5.36. The molecule has 3 heteroatoms. The summed E-state index contributed by atoms with van der Waals surface area (Å²) in [5.74, 6) is 1.38. The van der Waals surface area contributed by atoms with E-state index in [2.05, 4.69) is 24.5 Å². The normalized spacial score (nSPS) is 12.1. The standard InChI is InChI=1S/C23H21NOS/c1-18-13-15-21(16-14-18)25-23(24-20-9-5-3-6-10-20)19(2)17-26-22-11-7-4-8-12-22/h3-17H,1-2H3. The topological polar surface area (TPSA) is 21.6 Å². The van der Waals surface area contributed by atoms with E-state index in [0.29, 0.717) is 5.90 Å². The second-order valence-electron chi connectivity index (χ2n) is 5.90. The van der Waals surface area contributed by atoms with Crippen molar-refractivity contribution < 1.29 is 4.74 Å². The molecule has 0 aliphatic heterocycles. The maximum Gasteiger partial charge on any atom is 0.223 e. The summed E-state index contributed by atoms with van der Waals surface area (Å²) in [6, 6.07) is 28.1. The monoisotopic (exact) mass is 359 g/mol. The summed E-state index contributed by atoms with van der Waals surface area (Å²) in [6.07, 6.45) is 0. The summed E-state index contributed by atoms with van der Waals surface area (Å²) in [7, 11) is 0. The smallest absolute Gasteiger partial charge is 0.223 e. The summed E-state index contributed by atoms with van der Waals surface area (Å²) in [4.78, 5) is 5.88. The molecule has 0 unspecified atom stereocenters. The number of benzene rings is 3. The molecular weight excluding hydrogens is 338 g/mol. The van der Waals surface area contributed by atoms with Crippen LogP contribution in [0.1, 0.15) is 12.5 Å². The van der Waals surface area contributed by atoms with Crippen molar-refractivity contribution in [3.63, 3.8) is 0 Å². The average Bonchev–Trinajstić information content (AvgIpc) is 2.69. The highest BCUT2D eigenvalue weighted by atomic mass is 32.2. The molecule has 0 saturated carbocycles. The van der Waals surface area contributed by atoms with E-state index < -0.39 is 0 Å². The summed E-state index contributed by atoms with van der Waals surface area (Å²) >= 11 is 1.66. The highest BCUT2D eigenvalue weighted by Crippen LogP contribution is 2.23. The molecule has 0 bridgehead atoms. The largest absolute Gasteiger partial charge is 0.439 e. The Morgan fingerprint density at radius 1 is 0.846 bits per heavy atom. The van der Waals surface area contributed by atoms with E-state index in [1.807, 2.05) is 79.7 Å². The molecule has 0 aliphatic carbocycles. The van der Waals surface area contributed by atoms with Gasteiger partial charge in [-0.05, 0) is 55.7 Å². The molecule has 0 fully saturated rings. The molecule has 3 rings (SSSR count). The van der Waals surface area contributed by atoms with Gasteiger partial charge in [-0.2, -0.15) is 0 Å². The van der Waals surface area contributed by atoms with Crippen molar-refractivity contribution in [1.82, 2.24) is 0 Å². The van der Waals surface area contributed by atoms with Gasteiger partial charge in [0.25, 0.3) is 0 Å². The van der Waals surface area contributed by atoms with Crippen LogP contribution in [0, 0.1) is 6.92 Å². The van der Waals surface area contributed by atoms with Crippen molar-refractivity contribution in [2.75, 3.05) is 0 Å². The Morgan fingerprint density at radius 3 is 2.12 bits per heavy atom. The minimum Gasteiger partial charge on any atom is -0.439 e. The molecule has 0 radical (unpaired) electrons. The summed E-state index contributed by atoms with van der Waals surface area (Å²) < 4.78 is 6.09. The quantitative estimate of drug-likeness (QED) is 0.284. The van der Waals surface area contributed by atoms with Crippen molar-refractivity contribution >= 4 is 23.3 Å². The predicted molar refractivity (Wildman–Crippen MR) is 111 cm³/mol. The van der Waals surface area contributed by atoms with Crippen molar-refractivity contribution in [3.05, 3.63) is 101 Å². The van der Waals surface area contributed by atoms with Crippen LogP contribution in [-0.2, 0) is 0 Å². The third-order valence-electron chi connectivity index (χ3n) is 3.67. The fourth-order valence-electron chi connectivity index (χ4n) is 2.24. The Labute approximate surface area is 159 Å². The second-order valence-corrected chi connectivity index (χ2v) is 6.84. The molecule has 0 spiro atoms. The molecule has 0 aromatic heterocycles. The van der Waals surface area contributed by atoms with Gasteiger partial charge in [0.1, 0.15) is 5.75 Å². The first-order valence-corrected chi connectivity index (χ1v) is 9.36. The van der Waals surface area contributed by atoms with Gasteiger partial charge in [-0.25, -0.2) is 4.99 Å². The summed E-state index contributed by atoms with van der Waals surface area (Å²) in [6.45, 7) is 4.08. The molecule has 0 amide bonds. The zero-order valence-corrected chi connectivity index (χ0v) is 15.7. The van der Waals surface area contributed by atoms with Gasteiger partial charge in [-0.3, -0.25) is 0 Å². The Hall–Kier alpha value is -2.78. The van der Waals surface area contributed by atoms with Gasteiger partial charge in [0.15, 0.2) is 0 Å². The Morgan fingerprint density at radius 2 is 1.46 bits per heavy atom. The lowest BCUT2D eigenvalue weighted by Crippen LogP contribution is -2.09. The molecule has 0 heterocycles. The number of hydrogen-bond donors (Lipinski definition) is 0. The Balaban J connectivity index is 1.86. The van der Waals surface area contributed by atoms with Crippen LogP contribution in [0.2, 0.25) is 0 Å². The van der Waals surface area contributed by atoms with Crippen LogP contribution in [-0.4, -0.2) is 5.90 Å². The van der Waals surface area contributed by atoms with Crippen LogP contribution >= 0.6 is 11.8 Å². The van der Waals surface area contributed by atoms with Gasteiger partial charge in [-0.1, -0.05) is 65.9 Å². The first kappa shape index (κ1) is 18.0. The van der Waals surface area contributed by atoms with E-state index in [1.165, 1.54) is 10.5 Å². The molecule has 0 aliphatic rings. The predicted octanol–water partition coefficient (Wildman–Crippen LogP) is 6.80. The van der Waals surface area contributed by atoms with Gasteiger partial charge >= 0.3 is 0 Å². The van der Waals surface area contributed by atoms with E-state index >= 15 is 0 Å². The number of thioether (sulfide) groups is 1. The van der Waals surface area contributed by atoms with Crippen LogP contribution in [0.25, 0.3) is 0 Å². The summed E-state index contributed by atoms with van der Waals surface area (Å²) in [5.41, 5.74) is 3.04. The van der Waals surface area contributed by atoms with Gasteiger partial charge in [0, 0.05) is 10.5 Å².